The lowest BCUT2D eigenvalue weighted by molar-refractivity contribution is -0.164. The van der Waals surface area contributed by atoms with E-state index in [4.69, 9.17) is 10.2 Å². The fraction of sp³-hybridized carbons (Fsp3) is 0.471. The maximum absolute atomic E-state index is 10.8. The van der Waals surface area contributed by atoms with Crippen LogP contribution < -0.4 is 5.32 Å². The molecule has 0 aliphatic carbocycles. The Morgan fingerprint density at radius 3 is 2.44 bits per heavy atom. The number of carboxylic acids is 1. The Morgan fingerprint density at radius 2 is 1.96 bits per heavy atom. The van der Waals surface area contributed by atoms with Gasteiger partial charge in [0.1, 0.15) is 6.61 Å². The van der Waals surface area contributed by atoms with Gasteiger partial charge in [0.05, 0.1) is 5.54 Å². The van der Waals surface area contributed by atoms with Crippen LogP contribution >= 0.6 is 0 Å². The van der Waals surface area contributed by atoms with Crippen molar-refractivity contribution >= 4 is 18.0 Å². The van der Waals surface area contributed by atoms with Crippen molar-refractivity contribution in [3.05, 3.63) is 35.9 Å². The highest BCUT2D eigenvalue weighted by Crippen LogP contribution is 2.40. The topological polar surface area (TPSA) is 116 Å². The van der Waals surface area contributed by atoms with Crippen LogP contribution in [0.25, 0.3) is 0 Å². The highest BCUT2D eigenvalue weighted by Gasteiger charge is 2.54. The summed E-state index contributed by atoms with van der Waals surface area (Å²) in [7, 11) is 0. The quantitative estimate of drug-likeness (QED) is 0.541. The molecule has 1 aromatic rings. The Bertz CT molecular complexity index is 627. The highest BCUT2D eigenvalue weighted by molar-refractivity contribution is 6.28. The van der Waals surface area contributed by atoms with Gasteiger partial charge in [0.25, 0.3) is 0 Å². The average Bonchev–Trinajstić information content (AvgIpc) is 3.11. The molecule has 0 radical (unpaired) electrons. The van der Waals surface area contributed by atoms with Gasteiger partial charge < -0.3 is 25.2 Å². The first-order valence-corrected chi connectivity index (χ1v) is 8.02. The van der Waals surface area contributed by atoms with Gasteiger partial charge in [-0.05, 0) is 24.4 Å². The molecule has 2 aliphatic heterocycles. The number of amides is 1. The number of likely N-dealkylation sites (tertiary alicyclic amines) is 1. The van der Waals surface area contributed by atoms with Crippen LogP contribution in [0, 0.1) is 5.92 Å². The largest absolute Gasteiger partial charge is 0.473 e. The lowest BCUT2D eigenvalue weighted by Gasteiger charge is -2.54. The maximum Gasteiger partial charge on any atom is 0.417 e. The third-order valence-electron chi connectivity index (χ3n) is 4.70. The number of carboxylic acid groups (broad SMARTS) is 2. The summed E-state index contributed by atoms with van der Waals surface area (Å²) in [6.45, 7) is 4.62. The van der Waals surface area contributed by atoms with E-state index in [1.165, 1.54) is 0 Å². The van der Waals surface area contributed by atoms with E-state index in [0.29, 0.717) is 12.5 Å². The van der Waals surface area contributed by atoms with Crippen molar-refractivity contribution in [3.8, 4) is 0 Å². The van der Waals surface area contributed by atoms with Crippen LogP contribution in [0.2, 0.25) is 0 Å². The second kappa shape index (κ2) is 7.98. The van der Waals surface area contributed by atoms with E-state index in [-0.39, 0.29) is 12.1 Å². The van der Waals surface area contributed by atoms with Crippen LogP contribution in [0.15, 0.2) is 30.3 Å². The van der Waals surface area contributed by atoms with Gasteiger partial charge in [-0.2, -0.15) is 0 Å². The van der Waals surface area contributed by atoms with Crippen molar-refractivity contribution in [1.82, 2.24) is 10.2 Å². The zero-order valence-corrected chi connectivity index (χ0v) is 14.0. The van der Waals surface area contributed by atoms with E-state index in [2.05, 4.69) is 17.0 Å². The van der Waals surface area contributed by atoms with E-state index in [1.54, 1.807) is 29.2 Å². The average molecular weight is 350 g/mol. The van der Waals surface area contributed by atoms with Crippen molar-refractivity contribution in [2.24, 2.45) is 5.92 Å². The standard InChI is InChI=1S/C9H8O4.C8H14N2O2/c10-8(11)9(12)13-6-7-4-2-1-3-5-7;1-6-4-10(7(11)12)8(6)2-3-9-5-8/h1-5H,6H2,(H,10,11);6,9H,2-5H2,1H3,(H,11,12)/t;6-,8-/m.0/s1. The van der Waals surface area contributed by atoms with Crippen molar-refractivity contribution in [2.75, 3.05) is 19.6 Å². The second-order valence-electron chi connectivity index (χ2n) is 6.19. The molecular formula is C17H22N2O6. The first kappa shape index (κ1) is 18.7. The molecule has 3 rings (SSSR count). The summed E-state index contributed by atoms with van der Waals surface area (Å²) in [5.74, 6) is -2.29. The predicted molar refractivity (Wildman–Crippen MR) is 88.0 cm³/mol. The zero-order chi connectivity index (χ0) is 18.4. The van der Waals surface area contributed by atoms with Gasteiger partial charge in [0.2, 0.25) is 0 Å². The number of benzene rings is 1. The first-order chi connectivity index (χ1) is 11.9. The molecule has 2 heterocycles. The van der Waals surface area contributed by atoms with E-state index < -0.39 is 18.0 Å². The summed E-state index contributed by atoms with van der Waals surface area (Å²) in [5, 5.41) is 20.3. The van der Waals surface area contributed by atoms with Crippen molar-refractivity contribution < 1.29 is 29.3 Å². The van der Waals surface area contributed by atoms with Crippen LogP contribution in [0.4, 0.5) is 4.79 Å². The van der Waals surface area contributed by atoms with Crippen molar-refractivity contribution in [2.45, 2.75) is 25.5 Å². The zero-order valence-electron chi connectivity index (χ0n) is 14.0. The fourth-order valence-electron chi connectivity index (χ4n) is 3.18. The Balaban J connectivity index is 0.000000181. The van der Waals surface area contributed by atoms with Gasteiger partial charge in [-0.15, -0.1) is 0 Å². The summed E-state index contributed by atoms with van der Waals surface area (Å²) in [4.78, 5) is 32.9. The molecule has 1 aromatic carbocycles. The summed E-state index contributed by atoms with van der Waals surface area (Å²) in [6, 6.07) is 8.88. The van der Waals surface area contributed by atoms with Gasteiger partial charge in [-0.1, -0.05) is 37.3 Å². The van der Waals surface area contributed by atoms with Crippen LogP contribution in [0.3, 0.4) is 0 Å². The lowest BCUT2D eigenvalue weighted by Crippen LogP contribution is -2.68. The molecule has 2 aliphatic rings. The Kier molecular flexibility index (Phi) is 5.97. The number of ether oxygens (including phenoxy) is 1. The Morgan fingerprint density at radius 1 is 1.28 bits per heavy atom. The van der Waals surface area contributed by atoms with Gasteiger partial charge in [0, 0.05) is 13.1 Å². The fourth-order valence-corrected chi connectivity index (χ4v) is 3.18. The number of nitrogens with zero attached hydrogens (tertiary/aromatic N) is 1. The molecule has 8 heteroatoms. The summed E-state index contributed by atoms with van der Waals surface area (Å²) < 4.78 is 4.45. The molecule has 0 saturated carbocycles. The monoisotopic (exact) mass is 350 g/mol. The van der Waals surface area contributed by atoms with Crippen LogP contribution in [-0.2, 0) is 20.9 Å². The first-order valence-electron chi connectivity index (χ1n) is 8.02. The van der Waals surface area contributed by atoms with Crippen LogP contribution in [-0.4, -0.2) is 58.3 Å². The third-order valence-corrected chi connectivity index (χ3v) is 4.70. The normalized spacial score (nSPS) is 24.0. The number of esters is 1. The molecule has 0 aromatic heterocycles. The van der Waals surface area contributed by atoms with Gasteiger partial charge in [0.15, 0.2) is 0 Å². The number of carbonyl (C=O) groups excluding carboxylic acids is 1. The molecular weight excluding hydrogens is 328 g/mol. The molecule has 3 N–H and O–H groups in total. The summed E-state index contributed by atoms with van der Waals surface area (Å²) >= 11 is 0. The molecule has 2 fully saturated rings. The molecule has 136 valence electrons. The molecule has 0 unspecified atom stereocenters. The molecule has 8 nitrogen and oxygen atoms in total. The third kappa shape index (κ3) is 4.27. The SMILES string of the molecule is C[C@H]1CN(C(=O)O)[C@]12CCNC2.O=C(O)C(=O)OCc1ccccc1. The lowest BCUT2D eigenvalue weighted by atomic mass is 9.74. The van der Waals surface area contributed by atoms with Gasteiger partial charge in [-0.25, -0.2) is 14.4 Å². The van der Waals surface area contributed by atoms with Gasteiger partial charge >= 0.3 is 18.0 Å². The van der Waals surface area contributed by atoms with Gasteiger partial charge in [-0.3, -0.25) is 0 Å². The minimum absolute atomic E-state index is 0.00796. The van der Waals surface area contributed by atoms with E-state index >= 15 is 0 Å². The van der Waals surface area contributed by atoms with E-state index in [1.807, 2.05) is 6.07 Å². The smallest absolute Gasteiger partial charge is 0.417 e. The number of nitrogens with one attached hydrogen (secondary N) is 1. The predicted octanol–water partition coefficient (Wildman–Crippen LogP) is 1.16. The van der Waals surface area contributed by atoms with Crippen molar-refractivity contribution in [3.63, 3.8) is 0 Å². The Hall–Kier alpha value is -2.61. The highest BCUT2D eigenvalue weighted by atomic mass is 16.6. The minimum atomic E-state index is -1.57. The van der Waals surface area contributed by atoms with E-state index in [9.17, 15) is 14.4 Å². The molecule has 25 heavy (non-hydrogen) atoms. The number of rotatable bonds is 2. The number of hydrogen-bond donors (Lipinski definition) is 3. The Labute approximate surface area is 145 Å². The summed E-state index contributed by atoms with van der Waals surface area (Å²) in [5.41, 5.74) is 0.698. The van der Waals surface area contributed by atoms with Crippen LogP contribution in [0.1, 0.15) is 18.9 Å². The minimum Gasteiger partial charge on any atom is -0.473 e. The van der Waals surface area contributed by atoms with Crippen LogP contribution in [0.5, 0.6) is 0 Å². The maximum atomic E-state index is 10.8. The summed E-state index contributed by atoms with van der Waals surface area (Å²) in [6.07, 6.45) is 0.206. The number of aliphatic carboxylic acids is 1. The molecule has 1 spiro atoms. The molecule has 0 bridgehead atoms. The molecule has 1 amide bonds. The number of carbonyl (C=O) groups is 3. The second-order valence-corrected chi connectivity index (χ2v) is 6.19. The molecule has 2 atom stereocenters. The van der Waals surface area contributed by atoms with E-state index in [0.717, 1.165) is 25.1 Å². The van der Waals surface area contributed by atoms with Crippen molar-refractivity contribution in [1.29, 1.82) is 0 Å². The molecule has 2 saturated heterocycles. The number of hydrogen-bond acceptors (Lipinski definition) is 5.